The second-order valence-electron chi connectivity index (χ2n) is 7.48. The van der Waals surface area contributed by atoms with Crippen LogP contribution in [0.2, 0.25) is 0 Å². The fourth-order valence-electron chi connectivity index (χ4n) is 3.57. The van der Waals surface area contributed by atoms with Gasteiger partial charge >= 0.3 is 0 Å². The Labute approximate surface area is 178 Å². The highest BCUT2D eigenvalue weighted by Crippen LogP contribution is 2.29. The first-order chi connectivity index (χ1) is 14.3. The van der Waals surface area contributed by atoms with E-state index in [1.54, 1.807) is 43.5 Å². The second kappa shape index (κ2) is 9.49. The quantitative estimate of drug-likeness (QED) is 0.644. The average molecular weight is 433 g/mol. The lowest BCUT2D eigenvalue weighted by atomic mass is 10.0. The van der Waals surface area contributed by atoms with E-state index in [0.717, 1.165) is 12.8 Å². The molecule has 1 atom stereocenters. The summed E-state index contributed by atoms with van der Waals surface area (Å²) in [6.07, 6.45) is 1.89. The van der Waals surface area contributed by atoms with Crippen LogP contribution in [0.4, 0.5) is 5.69 Å². The number of hydrogen-bond donors (Lipinski definition) is 1. The van der Waals surface area contributed by atoms with Crippen LogP contribution < -0.4 is 14.8 Å². The molecule has 1 unspecified atom stereocenters. The topological polar surface area (TPSA) is 84.9 Å². The Hall–Kier alpha value is -2.58. The molecule has 1 aliphatic heterocycles. The first-order valence-corrected chi connectivity index (χ1v) is 11.4. The summed E-state index contributed by atoms with van der Waals surface area (Å²) in [6.45, 7) is 3.09. The maximum absolute atomic E-state index is 13.0. The molecular formula is C22H28N2O5S. The third kappa shape index (κ3) is 4.94. The van der Waals surface area contributed by atoms with E-state index in [1.165, 1.54) is 17.5 Å². The van der Waals surface area contributed by atoms with Gasteiger partial charge in [-0.15, -0.1) is 0 Å². The number of carbonyl (C=O) groups excluding carboxylic acids is 1. The van der Waals surface area contributed by atoms with Gasteiger partial charge in [-0.25, -0.2) is 8.42 Å². The van der Waals surface area contributed by atoms with Crippen LogP contribution in [0.25, 0.3) is 0 Å². The number of Topliss-reactive ketones (excluding diaryl/α,β-unsaturated/α-hetero) is 1. The van der Waals surface area contributed by atoms with Crippen LogP contribution in [0.15, 0.2) is 47.4 Å². The number of benzene rings is 2. The lowest BCUT2D eigenvalue weighted by molar-refractivity contribution is 0.101. The highest BCUT2D eigenvalue weighted by Gasteiger charge is 2.29. The molecule has 0 bridgehead atoms. The monoisotopic (exact) mass is 432 g/mol. The molecular weight excluding hydrogens is 404 g/mol. The fraction of sp³-hybridized carbons (Fsp3) is 0.409. The molecule has 1 saturated heterocycles. The molecule has 0 radical (unpaired) electrons. The van der Waals surface area contributed by atoms with Crippen LogP contribution in [-0.2, 0) is 10.0 Å². The van der Waals surface area contributed by atoms with Crippen LogP contribution >= 0.6 is 0 Å². The van der Waals surface area contributed by atoms with E-state index in [-0.39, 0.29) is 17.2 Å². The van der Waals surface area contributed by atoms with Gasteiger partial charge in [-0.1, -0.05) is 19.1 Å². The summed E-state index contributed by atoms with van der Waals surface area (Å²) in [5.41, 5.74) is 0.999. The average Bonchev–Trinajstić information content (AvgIpc) is 2.77. The highest BCUT2D eigenvalue weighted by atomic mass is 32.2. The summed E-state index contributed by atoms with van der Waals surface area (Å²) in [5.74, 6) is 1.32. The standard InChI is InChI=1S/C22H28N2O5S/c1-16-6-5-11-24(15-16)30(26,27)19-8-4-7-17(12-19)21(25)14-23-20-10-9-18(28-2)13-22(20)29-3/h4,7-10,12-13,16,23H,5-6,11,14-15H2,1-3H3. The summed E-state index contributed by atoms with van der Waals surface area (Å²) in [6, 6.07) is 11.5. The van der Waals surface area contributed by atoms with Crippen LogP contribution in [-0.4, -0.2) is 52.4 Å². The number of ether oxygens (including phenoxy) is 2. The Morgan fingerprint density at radius 3 is 2.67 bits per heavy atom. The molecule has 3 rings (SSSR count). The molecule has 8 heteroatoms. The van der Waals surface area contributed by atoms with Gasteiger partial charge < -0.3 is 14.8 Å². The molecule has 1 aliphatic rings. The SMILES string of the molecule is COc1ccc(NCC(=O)c2cccc(S(=O)(=O)N3CCCC(C)C3)c2)c(OC)c1. The van der Waals surface area contributed by atoms with Gasteiger partial charge in [-0.3, -0.25) is 4.79 Å². The van der Waals surface area contributed by atoms with Gasteiger partial charge in [0.2, 0.25) is 10.0 Å². The van der Waals surface area contributed by atoms with Crippen molar-refractivity contribution >= 4 is 21.5 Å². The molecule has 1 heterocycles. The van der Waals surface area contributed by atoms with E-state index in [0.29, 0.717) is 41.8 Å². The Bertz CT molecular complexity index is 1010. The number of rotatable bonds is 8. The molecule has 30 heavy (non-hydrogen) atoms. The number of sulfonamides is 1. The van der Waals surface area contributed by atoms with Gasteiger partial charge in [-0.05, 0) is 43.0 Å². The molecule has 0 amide bonds. The summed E-state index contributed by atoms with van der Waals surface area (Å²) in [7, 11) is -0.504. The predicted molar refractivity (Wildman–Crippen MR) is 116 cm³/mol. The van der Waals surface area contributed by atoms with Gasteiger partial charge in [0.15, 0.2) is 5.78 Å². The number of ketones is 1. The molecule has 0 saturated carbocycles. The van der Waals surface area contributed by atoms with Crippen LogP contribution in [0.3, 0.4) is 0 Å². The molecule has 7 nitrogen and oxygen atoms in total. The fourth-order valence-corrected chi connectivity index (χ4v) is 5.21. The lowest BCUT2D eigenvalue weighted by Crippen LogP contribution is -2.39. The minimum absolute atomic E-state index is 0.00688. The van der Waals surface area contributed by atoms with Crippen molar-refractivity contribution in [1.82, 2.24) is 4.31 Å². The second-order valence-corrected chi connectivity index (χ2v) is 9.42. The molecule has 2 aromatic rings. The summed E-state index contributed by atoms with van der Waals surface area (Å²) < 4.78 is 38.0. The number of piperidine rings is 1. The van der Waals surface area contributed by atoms with Crippen molar-refractivity contribution in [3.05, 3.63) is 48.0 Å². The minimum Gasteiger partial charge on any atom is -0.497 e. The molecule has 1 N–H and O–H groups in total. The number of carbonyl (C=O) groups is 1. The zero-order valence-corrected chi connectivity index (χ0v) is 18.4. The van der Waals surface area contributed by atoms with E-state index in [1.807, 2.05) is 0 Å². The van der Waals surface area contributed by atoms with E-state index in [2.05, 4.69) is 12.2 Å². The van der Waals surface area contributed by atoms with Crippen LogP contribution in [0, 0.1) is 5.92 Å². The van der Waals surface area contributed by atoms with Crippen molar-refractivity contribution in [3.63, 3.8) is 0 Å². The number of hydrogen-bond acceptors (Lipinski definition) is 6. The lowest BCUT2D eigenvalue weighted by Gasteiger charge is -2.30. The minimum atomic E-state index is -3.61. The van der Waals surface area contributed by atoms with Crippen LogP contribution in [0.1, 0.15) is 30.1 Å². The van der Waals surface area contributed by atoms with Crippen molar-refractivity contribution in [2.45, 2.75) is 24.7 Å². The molecule has 2 aromatic carbocycles. The molecule has 0 aliphatic carbocycles. The maximum atomic E-state index is 13.0. The third-order valence-corrected chi connectivity index (χ3v) is 7.12. The molecule has 162 valence electrons. The van der Waals surface area contributed by atoms with Crippen molar-refractivity contribution < 1.29 is 22.7 Å². The Balaban J connectivity index is 1.73. The maximum Gasteiger partial charge on any atom is 0.243 e. The van der Waals surface area contributed by atoms with Gasteiger partial charge in [0, 0.05) is 24.7 Å². The Morgan fingerprint density at radius 1 is 1.17 bits per heavy atom. The van der Waals surface area contributed by atoms with Crippen molar-refractivity contribution in [2.75, 3.05) is 39.2 Å². The molecule has 0 spiro atoms. The molecule has 1 fully saturated rings. The third-order valence-electron chi connectivity index (χ3n) is 5.26. The summed E-state index contributed by atoms with van der Waals surface area (Å²) in [5, 5.41) is 3.05. The van der Waals surface area contributed by atoms with Crippen molar-refractivity contribution in [3.8, 4) is 11.5 Å². The van der Waals surface area contributed by atoms with E-state index < -0.39 is 10.0 Å². The summed E-state index contributed by atoms with van der Waals surface area (Å²) in [4.78, 5) is 12.9. The van der Waals surface area contributed by atoms with Crippen LogP contribution in [0.5, 0.6) is 11.5 Å². The number of methoxy groups -OCH3 is 2. The summed E-state index contributed by atoms with van der Waals surface area (Å²) >= 11 is 0. The largest absolute Gasteiger partial charge is 0.497 e. The van der Waals surface area contributed by atoms with Gasteiger partial charge in [0.05, 0.1) is 31.3 Å². The number of nitrogens with zero attached hydrogens (tertiary/aromatic N) is 1. The van der Waals surface area contributed by atoms with E-state index in [9.17, 15) is 13.2 Å². The Kier molecular flexibility index (Phi) is 6.99. The van der Waals surface area contributed by atoms with Gasteiger partial charge in [0.25, 0.3) is 0 Å². The van der Waals surface area contributed by atoms with Crippen molar-refractivity contribution in [1.29, 1.82) is 0 Å². The Morgan fingerprint density at radius 2 is 1.97 bits per heavy atom. The molecule has 0 aromatic heterocycles. The van der Waals surface area contributed by atoms with E-state index >= 15 is 0 Å². The zero-order valence-electron chi connectivity index (χ0n) is 17.6. The van der Waals surface area contributed by atoms with Crippen molar-refractivity contribution in [2.24, 2.45) is 5.92 Å². The highest BCUT2D eigenvalue weighted by molar-refractivity contribution is 7.89. The first-order valence-electron chi connectivity index (χ1n) is 9.94. The van der Waals surface area contributed by atoms with Gasteiger partial charge in [-0.2, -0.15) is 4.31 Å². The number of anilines is 1. The zero-order chi connectivity index (χ0) is 21.7. The normalized spacial score (nSPS) is 17.4. The van der Waals surface area contributed by atoms with Gasteiger partial charge in [0.1, 0.15) is 11.5 Å². The van der Waals surface area contributed by atoms with E-state index in [4.69, 9.17) is 9.47 Å². The first kappa shape index (κ1) is 22.1. The number of nitrogens with one attached hydrogen (secondary N) is 1. The predicted octanol–water partition coefficient (Wildman–Crippen LogP) is 3.42. The smallest absolute Gasteiger partial charge is 0.243 e.